The normalized spacial score (nSPS) is 13.3. The lowest BCUT2D eigenvalue weighted by molar-refractivity contribution is 0.0971. The Labute approximate surface area is 165 Å². The van der Waals surface area contributed by atoms with E-state index in [-0.39, 0.29) is 11.3 Å². The van der Waals surface area contributed by atoms with Crippen LogP contribution in [-0.4, -0.2) is 21.7 Å². The molecule has 6 nitrogen and oxygen atoms in total. The first-order valence-corrected chi connectivity index (χ1v) is 9.94. The summed E-state index contributed by atoms with van der Waals surface area (Å²) in [4.78, 5) is 44.1. The molecular weight excluding hydrogens is 374 g/mol. The fraction of sp³-hybridized carbons (Fsp3) is 0.238. The summed E-state index contributed by atoms with van der Waals surface area (Å²) in [6.07, 6.45) is 1.80. The quantitative estimate of drug-likeness (QED) is 0.706. The second-order valence-electron chi connectivity index (χ2n) is 6.99. The van der Waals surface area contributed by atoms with Crippen LogP contribution in [0, 0.1) is 13.8 Å². The lowest BCUT2D eigenvalue weighted by Gasteiger charge is -2.14. The van der Waals surface area contributed by atoms with Gasteiger partial charge in [-0.1, -0.05) is 23.8 Å². The third kappa shape index (κ3) is 3.41. The van der Waals surface area contributed by atoms with Crippen molar-refractivity contribution in [2.24, 2.45) is 0 Å². The molecule has 7 heteroatoms. The zero-order valence-electron chi connectivity index (χ0n) is 15.6. The van der Waals surface area contributed by atoms with Crippen molar-refractivity contribution in [2.45, 2.75) is 33.1 Å². The van der Waals surface area contributed by atoms with Crippen LogP contribution in [0.5, 0.6) is 0 Å². The third-order valence-electron chi connectivity index (χ3n) is 4.88. The van der Waals surface area contributed by atoms with Crippen molar-refractivity contribution in [1.82, 2.24) is 9.97 Å². The van der Waals surface area contributed by atoms with Crippen LogP contribution in [0.2, 0.25) is 0 Å². The van der Waals surface area contributed by atoms with Gasteiger partial charge < -0.3 is 4.98 Å². The van der Waals surface area contributed by atoms with Crippen LogP contribution in [0.15, 0.2) is 34.4 Å². The number of carbonyl (C=O) groups excluding carboxylic acids is 2. The van der Waals surface area contributed by atoms with Crippen molar-refractivity contribution in [3.63, 3.8) is 0 Å². The summed E-state index contributed by atoms with van der Waals surface area (Å²) in [5.41, 5.74) is 4.54. The van der Waals surface area contributed by atoms with E-state index in [4.69, 9.17) is 0 Å². The van der Waals surface area contributed by atoms with Gasteiger partial charge in [-0.3, -0.25) is 19.7 Å². The first kappa shape index (κ1) is 18.3. The molecule has 2 aromatic heterocycles. The number of carbonyl (C=O) groups is 2. The summed E-state index contributed by atoms with van der Waals surface area (Å²) in [6.45, 7) is 4.05. The van der Waals surface area contributed by atoms with Crippen molar-refractivity contribution in [3.8, 4) is 11.3 Å². The Hall–Kier alpha value is -3.06. The second-order valence-corrected chi connectivity index (χ2v) is 7.85. The van der Waals surface area contributed by atoms with Gasteiger partial charge in [0, 0.05) is 28.6 Å². The number of thiazole rings is 1. The highest BCUT2D eigenvalue weighted by atomic mass is 32.1. The first-order chi connectivity index (χ1) is 13.4. The summed E-state index contributed by atoms with van der Waals surface area (Å²) >= 11 is 1.29. The van der Waals surface area contributed by atoms with E-state index in [1.165, 1.54) is 23.0 Å². The Balaban J connectivity index is 1.60. The predicted octanol–water partition coefficient (Wildman–Crippen LogP) is 3.89. The van der Waals surface area contributed by atoms with Crippen molar-refractivity contribution >= 4 is 28.2 Å². The Morgan fingerprint density at radius 2 is 1.96 bits per heavy atom. The van der Waals surface area contributed by atoms with Gasteiger partial charge in [0.25, 0.3) is 11.5 Å². The topological polar surface area (TPSA) is 91.9 Å². The molecule has 142 valence electrons. The van der Waals surface area contributed by atoms with E-state index in [2.05, 4.69) is 21.4 Å². The number of nitrogens with zero attached hydrogens (tertiary/aromatic N) is 1. The van der Waals surface area contributed by atoms with E-state index >= 15 is 0 Å². The van der Waals surface area contributed by atoms with Gasteiger partial charge in [-0.2, -0.15) is 0 Å². The molecule has 0 aliphatic heterocycles. The molecule has 0 saturated carbocycles. The zero-order valence-corrected chi connectivity index (χ0v) is 16.4. The third-order valence-corrected chi connectivity index (χ3v) is 5.64. The van der Waals surface area contributed by atoms with Crippen LogP contribution >= 0.6 is 11.3 Å². The van der Waals surface area contributed by atoms with Crippen LogP contribution < -0.4 is 10.9 Å². The predicted molar refractivity (Wildman–Crippen MR) is 109 cm³/mol. The molecule has 1 aromatic carbocycles. The second kappa shape index (κ2) is 7.16. The molecule has 0 radical (unpaired) electrons. The average Bonchev–Trinajstić information content (AvgIpc) is 3.09. The number of ketones is 1. The summed E-state index contributed by atoms with van der Waals surface area (Å²) in [7, 11) is 0. The minimum absolute atomic E-state index is 0.0436. The molecule has 0 spiro atoms. The van der Waals surface area contributed by atoms with E-state index in [0.29, 0.717) is 35.7 Å². The Bertz CT molecular complexity index is 1160. The van der Waals surface area contributed by atoms with Gasteiger partial charge in [-0.15, -0.1) is 11.3 Å². The standard InChI is InChI=1S/C21H19N3O3S/c1-11-6-7-13(12(2)8-11)17-10-28-21(23-17)24-20(27)15-9-14-16(22-19(15)26)4-3-5-18(14)25/h6-10H,3-5H2,1-2H3,(H,22,26)(H,23,24,27). The van der Waals surface area contributed by atoms with Gasteiger partial charge in [0.15, 0.2) is 10.9 Å². The van der Waals surface area contributed by atoms with Gasteiger partial charge >= 0.3 is 0 Å². The number of aromatic amines is 1. The number of pyridine rings is 1. The van der Waals surface area contributed by atoms with Gasteiger partial charge in [0.1, 0.15) is 5.56 Å². The Morgan fingerprint density at radius 3 is 2.75 bits per heavy atom. The molecule has 0 atom stereocenters. The van der Waals surface area contributed by atoms with Crippen molar-refractivity contribution < 1.29 is 9.59 Å². The molecule has 1 aliphatic carbocycles. The highest BCUT2D eigenvalue weighted by Gasteiger charge is 2.22. The van der Waals surface area contributed by atoms with Crippen LogP contribution in [0.4, 0.5) is 5.13 Å². The van der Waals surface area contributed by atoms with Crippen LogP contribution in [0.1, 0.15) is 50.4 Å². The number of anilines is 1. The molecule has 4 rings (SSSR count). The van der Waals surface area contributed by atoms with E-state index in [9.17, 15) is 14.4 Å². The number of benzene rings is 1. The van der Waals surface area contributed by atoms with E-state index in [1.807, 2.05) is 31.4 Å². The van der Waals surface area contributed by atoms with Crippen LogP contribution in [0.3, 0.4) is 0 Å². The van der Waals surface area contributed by atoms with Crippen LogP contribution in [-0.2, 0) is 6.42 Å². The molecule has 0 bridgehead atoms. The number of H-pyrrole nitrogens is 1. The highest BCUT2D eigenvalue weighted by Crippen LogP contribution is 2.28. The lowest BCUT2D eigenvalue weighted by atomic mass is 9.93. The minimum atomic E-state index is -0.566. The summed E-state index contributed by atoms with van der Waals surface area (Å²) in [6, 6.07) is 7.51. The number of aryl methyl sites for hydroxylation is 3. The zero-order chi connectivity index (χ0) is 19.8. The maximum atomic E-state index is 12.6. The number of Topliss-reactive ketones (excluding diaryl/α,β-unsaturated/α-hetero) is 1. The number of rotatable bonds is 3. The summed E-state index contributed by atoms with van der Waals surface area (Å²) in [5.74, 6) is -0.609. The highest BCUT2D eigenvalue weighted by molar-refractivity contribution is 7.14. The van der Waals surface area contributed by atoms with Gasteiger partial charge in [-0.25, -0.2) is 4.98 Å². The molecule has 2 N–H and O–H groups in total. The number of aromatic nitrogens is 2. The first-order valence-electron chi connectivity index (χ1n) is 9.06. The number of amides is 1. The van der Waals surface area contributed by atoms with Crippen LogP contribution in [0.25, 0.3) is 11.3 Å². The molecule has 2 heterocycles. The molecule has 0 saturated heterocycles. The molecule has 1 amide bonds. The van der Waals surface area contributed by atoms with Gasteiger partial charge in [-0.05, 0) is 38.3 Å². The molecule has 3 aromatic rings. The van der Waals surface area contributed by atoms with Gasteiger partial charge in [0.05, 0.1) is 5.69 Å². The van der Waals surface area contributed by atoms with E-state index in [0.717, 1.165) is 16.8 Å². The van der Waals surface area contributed by atoms with E-state index in [1.54, 1.807) is 0 Å². The lowest BCUT2D eigenvalue weighted by Crippen LogP contribution is -2.27. The monoisotopic (exact) mass is 393 g/mol. The van der Waals surface area contributed by atoms with Gasteiger partial charge in [0.2, 0.25) is 0 Å². The Morgan fingerprint density at radius 1 is 1.14 bits per heavy atom. The molecule has 1 aliphatic rings. The molecule has 0 unspecified atom stereocenters. The summed E-state index contributed by atoms with van der Waals surface area (Å²) in [5, 5.41) is 4.95. The Kier molecular flexibility index (Phi) is 4.68. The number of nitrogens with one attached hydrogen (secondary N) is 2. The van der Waals surface area contributed by atoms with E-state index < -0.39 is 11.5 Å². The maximum Gasteiger partial charge on any atom is 0.263 e. The molecule has 28 heavy (non-hydrogen) atoms. The summed E-state index contributed by atoms with van der Waals surface area (Å²) < 4.78 is 0. The average molecular weight is 393 g/mol. The maximum absolute atomic E-state index is 12.6. The van der Waals surface area contributed by atoms with Crippen molar-refractivity contribution in [3.05, 3.63) is 67.9 Å². The van der Waals surface area contributed by atoms with Crippen molar-refractivity contribution in [2.75, 3.05) is 5.32 Å². The fourth-order valence-corrected chi connectivity index (χ4v) is 4.17. The number of hydrogen-bond acceptors (Lipinski definition) is 5. The fourth-order valence-electron chi connectivity index (χ4n) is 3.46. The molecule has 0 fully saturated rings. The number of fused-ring (bicyclic) bond motifs is 1. The molecular formula is C21H19N3O3S. The largest absolute Gasteiger partial charge is 0.325 e. The smallest absolute Gasteiger partial charge is 0.263 e. The SMILES string of the molecule is Cc1ccc(-c2csc(NC(=O)c3cc4c([nH]c3=O)CCCC4=O)n2)c(C)c1. The minimum Gasteiger partial charge on any atom is -0.325 e. The van der Waals surface area contributed by atoms with Crippen molar-refractivity contribution in [1.29, 1.82) is 0 Å². The number of hydrogen-bond donors (Lipinski definition) is 2.